The van der Waals surface area contributed by atoms with Crippen LogP contribution in [0, 0.1) is 17.0 Å². The van der Waals surface area contributed by atoms with E-state index in [1.54, 1.807) is 0 Å². The van der Waals surface area contributed by atoms with E-state index in [0.717, 1.165) is 31.0 Å². The lowest BCUT2D eigenvalue weighted by Gasteiger charge is -2.13. The molecule has 7 heteroatoms. The van der Waals surface area contributed by atoms with Gasteiger partial charge >= 0.3 is 0 Å². The zero-order valence-electron chi connectivity index (χ0n) is 12.8. The number of hydrogen-bond acceptors (Lipinski definition) is 3. The van der Waals surface area contributed by atoms with Crippen molar-refractivity contribution < 1.29 is 22.0 Å². The molecule has 1 aromatic carbocycles. The van der Waals surface area contributed by atoms with E-state index in [1.165, 1.54) is 6.26 Å². The number of carbonyl (C=O) groups is 1. The molecule has 0 saturated heterocycles. The fourth-order valence-corrected chi connectivity index (χ4v) is 4.70. The molecule has 23 heavy (non-hydrogen) atoms. The van der Waals surface area contributed by atoms with E-state index in [4.69, 9.17) is 0 Å². The standard InChI is InChI=1S/C16H19F2NO3S/c1-23(21,22)9-16(4-5-16)8-15(20)19-14-7-12(14)11-6-10(17)2-3-13(11)18/h2-3,6,12,14H,4-5,7-9H2,1H3,(H,19,20)/t12-,14-/m1/s1. The first-order valence-electron chi connectivity index (χ1n) is 7.60. The molecule has 2 aliphatic rings. The Hall–Kier alpha value is -1.50. The van der Waals surface area contributed by atoms with Gasteiger partial charge in [-0.05, 0) is 48.4 Å². The van der Waals surface area contributed by atoms with E-state index in [0.29, 0.717) is 6.42 Å². The second-order valence-electron chi connectivity index (χ2n) is 6.93. The van der Waals surface area contributed by atoms with Gasteiger partial charge in [-0.25, -0.2) is 17.2 Å². The second kappa shape index (κ2) is 5.54. The van der Waals surface area contributed by atoms with Gasteiger partial charge in [-0.3, -0.25) is 4.79 Å². The Morgan fingerprint density at radius 3 is 2.65 bits per heavy atom. The van der Waals surface area contributed by atoms with Gasteiger partial charge in [0.25, 0.3) is 0 Å². The molecule has 2 aliphatic carbocycles. The molecule has 0 bridgehead atoms. The molecule has 0 radical (unpaired) electrons. The predicted octanol–water partition coefficient (Wildman–Crippen LogP) is 2.15. The number of carbonyl (C=O) groups excluding carboxylic acids is 1. The lowest BCUT2D eigenvalue weighted by atomic mass is 10.0. The van der Waals surface area contributed by atoms with Gasteiger partial charge in [0.1, 0.15) is 21.5 Å². The number of rotatable bonds is 6. The summed E-state index contributed by atoms with van der Waals surface area (Å²) in [6.07, 6.45) is 3.40. The van der Waals surface area contributed by atoms with Gasteiger partial charge in [-0.2, -0.15) is 0 Å². The van der Waals surface area contributed by atoms with Gasteiger partial charge in [0.2, 0.25) is 5.91 Å². The molecule has 0 spiro atoms. The van der Waals surface area contributed by atoms with Crippen molar-refractivity contribution in [1.82, 2.24) is 5.32 Å². The van der Waals surface area contributed by atoms with Crippen molar-refractivity contribution in [3.05, 3.63) is 35.4 Å². The Balaban J connectivity index is 1.56. The number of halogens is 2. The minimum absolute atomic E-state index is 0.0278. The molecule has 4 nitrogen and oxygen atoms in total. The van der Waals surface area contributed by atoms with Gasteiger partial charge in [0.05, 0.1) is 5.75 Å². The van der Waals surface area contributed by atoms with Crippen molar-refractivity contribution in [2.24, 2.45) is 5.41 Å². The van der Waals surface area contributed by atoms with Crippen molar-refractivity contribution >= 4 is 15.7 Å². The third-order valence-electron chi connectivity index (χ3n) is 4.56. The molecule has 1 N–H and O–H groups in total. The molecule has 1 aromatic rings. The number of benzene rings is 1. The normalized spacial score (nSPS) is 25.0. The molecule has 0 aromatic heterocycles. The van der Waals surface area contributed by atoms with E-state index in [-0.39, 0.29) is 35.6 Å². The molecule has 0 heterocycles. The molecular formula is C16H19F2NO3S. The summed E-state index contributed by atoms with van der Waals surface area (Å²) in [6, 6.07) is 3.12. The van der Waals surface area contributed by atoms with Crippen LogP contribution >= 0.6 is 0 Å². The van der Waals surface area contributed by atoms with Crippen LogP contribution in [0.25, 0.3) is 0 Å². The summed E-state index contributed by atoms with van der Waals surface area (Å²) in [5, 5.41) is 2.81. The van der Waals surface area contributed by atoms with Crippen molar-refractivity contribution in [1.29, 1.82) is 0 Å². The van der Waals surface area contributed by atoms with Gasteiger partial charge in [0, 0.05) is 24.6 Å². The molecule has 2 saturated carbocycles. The zero-order valence-corrected chi connectivity index (χ0v) is 13.6. The molecule has 2 atom stereocenters. The first kappa shape index (κ1) is 16.4. The summed E-state index contributed by atoms with van der Waals surface area (Å²) in [6.45, 7) is 0. The maximum atomic E-state index is 13.7. The first-order chi connectivity index (χ1) is 10.7. The highest BCUT2D eigenvalue weighted by molar-refractivity contribution is 7.90. The van der Waals surface area contributed by atoms with Crippen molar-refractivity contribution in [2.45, 2.75) is 37.6 Å². The van der Waals surface area contributed by atoms with Crippen LogP contribution in [0.1, 0.15) is 37.2 Å². The van der Waals surface area contributed by atoms with E-state index >= 15 is 0 Å². The predicted molar refractivity (Wildman–Crippen MR) is 81.6 cm³/mol. The highest BCUT2D eigenvalue weighted by atomic mass is 32.2. The largest absolute Gasteiger partial charge is 0.353 e. The SMILES string of the molecule is CS(=O)(=O)CC1(CC(=O)N[C@@H]2C[C@@H]2c2cc(F)ccc2F)CC1. The van der Waals surface area contributed by atoms with Crippen molar-refractivity contribution in [2.75, 3.05) is 12.0 Å². The maximum Gasteiger partial charge on any atom is 0.220 e. The van der Waals surface area contributed by atoms with Gasteiger partial charge in [-0.1, -0.05) is 0 Å². The molecule has 126 valence electrons. The monoisotopic (exact) mass is 343 g/mol. The van der Waals surface area contributed by atoms with Gasteiger partial charge in [0.15, 0.2) is 0 Å². The van der Waals surface area contributed by atoms with Crippen LogP contribution in [-0.4, -0.2) is 32.4 Å². The second-order valence-corrected chi connectivity index (χ2v) is 9.07. The molecule has 3 rings (SSSR count). The smallest absolute Gasteiger partial charge is 0.220 e. The lowest BCUT2D eigenvalue weighted by Crippen LogP contribution is -2.31. The van der Waals surface area contributed by atoms with Crippen LogP contribution < -0.4 is 5.32 Å². The van der Waals surface area contributed by atoms with Crippen LogP contribution in [-0.2, 0) is 14.6 Å². The van der Waals surface area contributed by atoms with E-state index in [9.17, 15) is 22.0 Å². The van der Waals surface area contributed by atoms with Gasteiger partial charge in [-0.15, -0.1) is 0 Å². The molecule has 2 fully saturated rings. The molecule has 0 unspecified atom stereocenters. The lowest BCUT2D eigenvalue weighted by molar-refractivity contribution is -0.122. The fraction of sp³-hybridized carbons (Fsp3) is 0.562. The fourth-order valence-electron chi connectivity index (χ4n) is 3.20. The Kier molecular flexibility index (Phi) is 3.94. The van der Waals surface area contributed by atoms with E-state index < -0.39 is 26.9 Å². The van der Waals surface area contributed by atoms with Crippen LogP contribution in [0.5, 0.6) is 0 Å². The highest BCUT2D eigenvalue weighted by Crippen LogP contribution is 2.50. The van der Waals surface area contributed by atoms with E-state index in [1.807, 2.05) is 0 Å². The Labute approximate surface area is 134 Å². The minimum Gasteiger partial charge on any atom is -0.353 e. The van der Waals surface area contributed by atoms with Crippen LogP contribution in [0.4, 0.5) is 8.78 Å². The Morgan fingerprint density at radius 2 is 2.04 bits per heavy atom. The van der Waals surface area contributed by atoms with Crippen LogP contribution in [0.15, 0.2) is 18.2 Å². The molecule has 1 amide bonds. The number of nitrogens with one attached hydrogen (secondary N) is 1. The Bertz CT molecular complexity index is 744. The Morgan fingerprint density at radius 1 is 1.35 bits per heavy atom. The topological polar surface area (TPSA) is 63.2 Å². The third kappa shape index (κ3) is 4.07. The number of hydrogen-bond donors (Lipinski definition) is 1. The van der Waals surface area contributed by atoms with Crippen molar-refractivity contribution in [3.63, 3.8) is 0 Å². The maximum absolute atomic E-state index is 13.7. The third-order valence-corrected chi connectivity index (χ3v) is 5.69. The molecule has 0 aliphatic heterocycles. The molecular weight excluding hydrogens is 324 g/mol. The summed E-state index contributed by atoms with van der Waals surface area (Å²) in [5.74, 6) is -1.36. The summed E-state index contributed by atoms with van der Waals surface area (Å²) in [7, 11) is -3.11. The summed E-state index contributed by atoms with van der Waals surface area (Å²) in [5.41, 5.74) is -0.140. The summed E-state index contributed by atoms with van der Waals surface area (Å²) < 4.78 is 49.7. The van der Waals surface area contributed by atoms with Crippen molar-refractivity contribution in [3.8, 4) is 0 Å². The zero-order chi connectivity index (χ0) is 16.8. The number of sulfone groups is 1. The summed E-state index contributed by atoms with van der Waals surface area (Å²) >= 11 is 0. The van der Waals surface area contributed by atoms with E-state index in [2.05, 4.69) is 5.32 Å². The first-order valence-corrected chi connectivity index (χ1v) is 9.66. The van der Waals surface area contributed by atoms with Gasteiger partial charge < -0.3 is 5.32 Å². The average molecular weight is 343 g/mol. The summed E-state index contributed by atoms with van der Waals surface area (Å²) in [4.78, 5) is 12.1. The number of amides is 1. The quantitative estimate of drug-likeness (QED) is 0.861. The van der Waals surface area contributed by atoms with Crippen LogP contribution in [0.2, 0.25) is 0 Å². The average Bonchev–Trinajstić information content (AvgIpc) is 3.30. The minimum atomic E-state index is -3.11. The van der Waals surface area contributed by atoms with Crippen LogP contribution in [0.3, 0.4) is 0 Å². The highest BCUT2D eigenvalue weighted by Gasteiger charge is 2.48.